The number of para-hydroxylation sites is 2. The normalized spacial score (nSPS) is 19.7. The number of carbonyl (C=O) groups is 5. The SMILES string of the molecule is CC(=O)Nc1ccc(CN2C(=O)[C@H]3CCC[C@H]3N(C(=O)CN3C(=O)c4ccccc4C3=O)c3ccccc32)cc1. The van der Waals surface area contributed by atoms with Crippen LogP contribution in [0.4, 0.5) is 17.1 Å². The largest absolute Gasteiger partial charge is 0.326 e. The number of anilines is 3. The van der Waals surface area contributed by atoms with Gasteiger partial charge in [-0.15, -0.1) is 0 Å². The predicted molar refractivity (Wildman–Crippen MR) is 149 cm³/mol. The fourth-order valence-corrected chi connectivity index (χ4v) is 6.09. The molecule has 9 heteroatoms. The Bertz CT molecular complexity index is 1510. The molecule has 2 atom stereocenters. The average Bonchev–Trinajstić information content (AvgIpc) is 3.49. The highest BCUT2D eigenvalue weighted by Gasteiger charge is 2.46. The highest BCUT2D eigenvalue weighted by molar-refractivity contribution is 6.23. The van der Waals surface area contributed by atoms with Crippen LogP contribution in [0.3, 0.4) is 0 Å². The summed E-state index contributed by atoms with van der Waals surface area (Å²) >= 11 is 0. The number of nitrogens with one attached hydrogen (secondary N) is 1. The number of rotatable bonds is 5. The molecule has 5 amide bonds. The fraction of sp³-hybridized carbons (Fsp3) is 0.258. The van der Waals surface area contributed by atoms with Crippen molar-refractivity contribution in [3.05, 3.63) is 89.5 Å². The van der Waals surface area contributed by atoms with Crippen LogP contribution in [0, 0.1) is 5.92 Å². The number of carbonyl (C=O) groups excluding carboxylic acids is 5. The molecule has 202 valence electrons. The lowest BCUT2D eigenvalue weighted by Gasteiger charge is -2.31. The van der Waals surface area contributed by atoms with Crippen molar-refractivity contribution in [2.75, 3.05) is 21.7 Å². The molecule has 2 aliphatic heterocycles. The van der Waals surface area contributed by atoms with Gasteiger partial charge in [0.05, 0.1) is 35.0 Å². The minimum atomic E-state index is -0.486. The number of imide groups is 1. The molecule has 3 aliphatic rings. The summed E-state index contributed by atoms with van der Waals surface area (Å²) < 4.78 is 0. The van der Waals surface area contributed by atoms with Gasteiger partial charge >= 0.3 is 0 Å². The van der Waals surface area contributed by atoms with Crippen LogP contribution in [-0.2, 0) is 20.9 Å². The first-order chi connectivity index (χ1) is 19.3. The van der Waals surface area contributed by atoms with E-state index in [2.05, 4.69) is 5.32 Å². The third-order valence-electron chi connectivity index (χ3n) is 7.88. The van der Waals surface area contributed by atoms with Crippen molar-refractivity contribution >= 4 is 46.6 Å². The maximum Gasteiger partial charge on any atom is 0.262 e. The molecule has 0 aromatic heterocycles. The second kappa shape index (κ2) is 10.1. The summed E-state index contributed by atoms with van der Waals surface area (Å²) in [5.74, 6) is -1.99. The molecule has 1 fully saturated rings. The first-order valence-corrected chi connectivity index (χ1v) is 13.4. The van der Waals surface area contributed by atoms with E-state index in [4.69, 9.17) is 0 Å². The van der Waals surface area contributed by atoms with Crippen LogP contribution in [-0.4, -0.2) is 47.0 Å². The number of fused-ring (bicyclic) bond motifs is 3. The number of nitrogens with zero attached hydrogens (tertiary/aromatic N) is 3. The molecular weight excluding hydrogens is 508 g/mol. The van der Waals surface area contributed by atoms with Crippen molar-refractivity contribution in [1.29, 1.82) is 0 Å². The van der Waals surface area contributed by atoms with Crippen molar-refractivity contribution in [3.63, 3.8) is 0 Å². The van der Waals surface area contributed by atoms with Crippen molar-refractivity contribution in [1.82, 2.24) is 4.90 Å². The molecule has 9 nitrogen and oxygen atoms in total. The van der Waals surface area contributed by atoms with E-state index >= 15 is 0 Å². The van der Waals surface area contributed by atoms with Gasteiger partial charge in [-0.2, -0.15) is 0 Å². The maximum absolute atomic E-state index is 14.0. The van der Waals surface area contributed by atoms with E-state index < -0.39 is 30.2 Å². The Morgan fingerprint density at radius 2 is 1.43 bits per heavy atom. The monoisotopic (exact) mass is 536 g/mol. The van der Waals surface area contributed by atoms with E-state index in [1.807, 2.05) is 36.4 Å². The quantitative estimate of drug-likeness (QED) is 0.497. The van der Waals surface area contributed by atoms with Crippen molar-refractivity contribution < 1.29 is 24.0 Å². The summed E-state index contributed by atoms with van der Waals surface area (Å²) in [6, 6.07) is 20.8. The predicted octanol–water partition coefficient (Wildman–Crippen LogP) is 3.99. The van der Waals surface area contributed by atoms with E-state index in [0.29, 0.717) is 47.6 Å². The number of hydrogen-bond donors (Lipinski definition) is 1. The third kappa shape index (κ3) is 4.33. The topological polar surface area (TPSA) is 107 Å². The zero-order chi connectivity index (χ0) is 28.0. The minimum absolute atomic E-state index is 0.0584. The fourth-order valence-electron chi connectivity index (χ4n) is 6.09. The van der Waals surface area contributed by atoms with E-state index in [-0.39, 0.29) is 17.9 Å². The number of hydrogen-bond acceptors (Lipinski definition) is 5. The zero-order valence-corrected chi connectivity index (χ0v) is 22.0. The Kier molecular flexibility index (Phi) is 6.42. The van der Waals surface area contributed by atoms with Crippen molar-refractivity contribution in [2.45, 2.75) is 38.8 Å². The lowest BCUT2D eigenvalue weighted by atomic mass is 10.0. The number of amides is 5. The highest BCUT2D eigenvalue weighted by Crippen LogP contribution is 2.43. The average molecular weight is 537 g/mol. The molecule has 1 N–H and O–H groups in total. The van der Waals surface area contributed by atoms with Gasteiger partial charge in [0.2, 0.25) is 17.7 Å². The van der Waals surface area contributed by atoms with Gasteiger partial charge in [-0.05, 0) is 54.8 Å². The second-order valence-corrected chi connectivity index (χ2v) is 10.4. The van der Waals surface area contributed by atoms with E-state index in [1.54, 1.807) is 46.2 Å². The maximum atomic E-state index is 14.0. The molecule has 3 aromatic rings. The molecule has 0 saturated heterocycles. The molecule has 1 saturated carbocycles. The van der Waals surface area contributed by atoms with E-state index in [1.165, 1.54) is 6.92 Å². The van der Waals surface area contributed by atoms with Crippen LogP contribution >= 0.6 is 0 Å². The summed E-state index contributed by atoms with van der Waals surface area (Å²) in [6.45, 7) is 1.34. The van der Waals surface area contributed by atoms with Gasteiger partial charge < -0.3 is 15.1 Å². The Hall–Kier alpha value is -4.79. The van der Waals surface area contributed by atoms with E-state index in [0.717, 1.165) is 16.9 Å². The van der Waals surface area contributed by atoms with Crippen LogP contribution < -0.4 is 15.1 Å². The molecule has 0 radical (unpaired) electrons. The summed E-state index contributed by atoms with van der Waals surface area (Å²) in [5, 5.41) is 2.74. The highest BCUT2D eigenvalue weighted by atomic mass is 16.2. The summed E-state index contributed by atoms with van der Waals surface area (Å²) in [5.41, 5.74) is 3.31. The van der Waals surface area contributed by atoms with E-state index in [9.17, 15) is 24.0 Å². The lowest BCUT2D eigenvalue weighted by Crippen LogP contribution is -2.49. The van der Waals surface area contributed by atoms with Crippen LogP contribution in [0.5, 0.6) is 0 Å². The molecule has 6 rings (SSSR count). The van der Waals surface area contributed by atoms with Gasteiger partial charge in [0, 0.05) is 18.7 Å². The minimum Gasteiger partial charge on any atom is -0.326 e. The van der Waals surface area contributed by atoms with Crippen LogP contribution in [0.2, 0.25) is 0 Å². The molecule has 0 unspecified atom stereocenters. The van der Waals surface area contributed by atoms with Crippen molar-refractivity contribution in [3.8, 4) is 0 Å². The first kappa shape index (κ1) is 25.5. The smallest absolute Gasteiger partial charge is 0.262 e. The van der Waals surface area contributed by atoms with Gasteiger partial charge in [-0.25, -0.2) is 0 Å². The van der Waals surface area contributed by atoms with Gasteiger partial charge in [0.1, 0.15) is 6.54 Å². The summed E-state index contributed by atoms with van der Waals surface area (Å²) in [4.78, 5) is 69.7. The Labute approximate surface area is 231 Å². The third-order valence-corrected chi connectivity index (χ3v) is 7.88. The molecule has 3 aromatic carbocycles. The Morgan fingerprint density at radius 1 is 0.800 bits per heavy atom. The van der Waals surface area contributed by atoms with Crippen LogP contribution in [0.25, 0.3) is 0 Å². The Balaban J connectivity index is 1.33. The van der Waals surface area contributed by atoms with Gasteiger partial charge in [-0.3, -0.25) is 28.9 Å². The van der Waals surface area contributed by atoms with Crippen LogP contribution in [0.1, 0.15) is 52.5 Å². The standard InChI is InChI=1S/C31H28N4O5/c1-19(36)32-21-15-13-20(14-16-21)17-33-26-10-4-5-11-27(26)35(25-12-6-9-24(25)31(33)40)28(37)18-34-29(38)22-7-2-3-8-23(22)30(34)39/h2-5,7-8,10-11,13-16,24-25H,6,9,12,17-18H2,1H3,(H,32,36)/t24-,25+/m0/s1. The summed E-state index contributed by atoms with van der Waals surface area (Å²) in [7, 11) is 0. The summed E-state index contributed by atoms with van der Waals surface area (Å²) in [6.07, 6.45) is 2.09. The molecule has 2 heterocycles. The van der Waals surface area contributed by atoms with Crippen LogP contribution in [0.15, 0.2) is 72.8 Å². The molecule has 1 aliphatic carbocycles. The molecular formula is C31H28N4O5. The van der Waals surface area contributed by atoms with Gasteiger partial charge in [0.25, 0.3) is 11.8 Å². The second-order valence-electron chi connectivity index (χ2n) is 10.4. The Morgan fingerprint density at radius 3 is 2.08 bits per heavy atom. The molecule has 0 bridgehead atoms. The van der Waals surface area contributed by atoms with Gasteiger partial charge in [0.15, 0.2) is 0 Å². The number of benzene rings is 3. The van der Waals surface area contributed by atoms with Crippen molar-refractivity contribution in [2.24, 2.45) is 5.92 Å². The molecule has 40 heavy (non-hydrogen) atoms. The van der Waals surface area contributed by atoms with Gasteiger partial charge in [-0.1, -0.05) is 42.8 Å². The zero-order valence-electron chi connectivity index (χ0n) is 22.0. The first-order valence-electron chi connectivity index (χ1n) is 13.4. The molecule has 0 spiro atoms. The lowest BCUT2D eigenvalue weighted by molar-refractivity contribution is -0.123.